The van der Waals surface area contributed by atoms with Gasteiger partial charge >= 0.3 is 0 Å². The predicted octanol–water partition coefficient (Wildman–Crippen LogP) is 2.70. The summed E-state index contributed by atoms with van der Waals surface area (Å²) in [5, 5.41) is 3.83. The first-order valence-electron chi connectivity index (χ1n) is 10.1. The van der Waals surface area contributed by atoms with Gasteiger partial charge in [0.05, 0.1) is 19.0 Å². The van der Waals surface area contributed by atoms with Gasteiger partial charge in [-0.05, 0) is 18.5 Å². The van der Waals surface area contributed by atoms with Crippen LogP contribution in [0.3, 0.4) is 0 Å². The monoisotopic (exact) mass is 449 g/mol. The first-order chi connectivity index (χ1) is 14.6. The quantitative estimate of drug-likeness (QED) is 0.259. The average Bonchev–Trinajstić information content (AvgIpc) is 2.76. The van der Waals surface area contributed by atoms with Crippen molar-refractivity contribution in [2.45, 2.75) is 18.1 Å². The van der Waals surface area contributed by atoms with E-state index >= 15 is 0 Å². The Bertz CT molecular complexity index is 805. The number of morpholine rings is 1. The molecule has 1 aliphatic rings. The Labute approximate surface area is 187 Å². The van der Waals surface area contributed by atoms with E-state index in [9.17, 15) is 4.79 Å². The van der Waals surface area contributed by atoms with Crippen LogP contribution in [0.4, 0.5) is 5.82 Å². The predicted molar refractivity (Wildman–Crippen MR) is 121 cm³/mol. The number of nitrogens with one attached hydrogen (secondary N) is 1. The molecule has 1 saturated heterocycles. The fraction of sp³-hybridized carbons (Fsp3) is 0.476. The summed E-state index contributed by atoms with van der Waals surface area (Å²) in [7, 11) is 1.96. The van der Waals surface area contributed by atoms with Crippen molar-refractivity contribution >= 4 is 35.1 Å². The van der Waals surface area contributed by atoms with Crippen LogP contribution in [0, 0.1) is 0 Å². The van der Waals surface area contributed by atoms with Gasteiger partial charge < -0.3 is 15.0 Å². The van der Waals surface area contributed by atoms with Crippen LogP contribution < -0.4 is 10.2 Å². The number of amides is 1. The number of halogens is 1. The van der Waals surface area contributed by atoms with Gasteiger partial charge in [0.1, 0.15) is 11.0 Å². The van der Waals surface area contributed by atoms with Crippen molar-refractivity contribution in [3.63, 3.8) is 0 Å². The molecule has 1 fully saturated rings. The van der Waals surface area contributed by atoms with Crippen molar-refractivity contribution in [3.8, 4) is 0 Å². The highest BCUT2D eigenvalue weighted by molar-refractivity contribution is 7.99. The molecule has 1 N–H and O–H groups in total. The van der Waals surface area contributed by atoms with Crippen molar-refractivity contribution < 1.29 is 9.53 Å². The first-order valence-corrected chi connectivity index (χ1v) is 11.5. The highest BCUT2D eigenvalue weighted by Crippen LogP contribution is 2.22. The normalized spacial score (nSPS) is 14.5. The van der Waals surface area contributed by atoms with Gasteiger partial charge in [0.25, 0.3) is 0 Å². The van der Waals surface area contributed by atoms with Gasteiger partial charge in [-0.3, -0.25) is 9.69 Å². The zero-order chi connectivity index (χ0) is 21.2. The van der Waals surface area contributed by atoms with E-state index in [-0.39, 0.29) is 11.7 Å². The fourth-order valence-electron chi connectivity index (χ4n) is 3.12. The minimum atomic E-state index is -0.0234. The number of thioether (sulfide) groups is 1. The Morgan fingerprint density at radius 1 is 1.27 bits per heavy atom. The molecule has 1 aromatic carbocycles. The molecule has 0 radical (unpaired) electrons. The summed E-state index contributed by atoms with van der Waals surface area (Å²) in [6.07, 6.45) is 0.929. The number of hydrogen-bond donors (Lipinski definition) is 1. The van der Waals surface area contributed by atoms with Gasteiger partial charge in [-0.2, -0.15) is 0 Å². The lowest BCUT2D eigenvalue weighted by atomic mass is 10.2. The van der Waals surface area contributed by atoms with Crippen molar-refractivity contribution in [1.82, 2.24) is 20.2 Å². The summed E-state index contributed by atoms with van der Waals surface area (Å²) in [5.41, 5.74) is 1.18. The molecule has 0 aliphatic carbocycles. The lowest BCUT2D eigenvalue weighted by Gasteiger charge is -2.26. The molecule has 9 heteroatoms. The van der Waals surface area contributed by atoms with Crippen molar-refractivity contribution in [1.29, 1.82) is 0 Å². The van der Waals surface area contributed by atoms with Crippen molar-refractivity contribution in [2.75, 3.05) is 57.1 Å². The number of aromatic nitrogens is 2. The van der Waals surface area contributed by atoms with Crippen LogP contribution >= 0.6 is 23.4 Å². The molecular formula is C21H28ClN5O2S. The number of nitrogens with zero attached hydrogens (tertiary/aromatic N) is 4. The smallest absolute Gasteiger partial charge is 0.230 e. The summed E-state index contributed by atoms with van der Waals surface area (Å²) in [6, 6.07) is 11.9. The largest absolute Gasteiger partial charge is 0.379 e. The lowest BCUT2D eigenvalue weighted by Crippen LogP contribution is -2.38. The van der Waals surface area contributed by atoms with E-state index in [0.717, 1.165) is 45.1 Å². The summed E-state index contributed by atoms with van der Waals surface area (Å²) >= 11 is 7.48. The topological polar surface area (TPSA) is 70.6 Å². The summed E-state index contributed by atoms with van der Waals surface area (Å²) in [5.74, 6) is 0.969. The third kappa shape index (κ3) is 7.75. The standard InChI is InChI=1S/C21H28ClN5O2S/c1-26(15-17-6-3-2-4-7-17)19-14-18(22)24-21(25-19)30-16-20(28)23-8-5-9-27-10-12-29-13-11-27/h2-4,6-7,14H,5,8-13,15-16H2,1H3,(H,23,28). The number of anilines is 1. The van der Waals surface area contributed by atoms with Gasteiger partial charge in [0.2, 0.25) is 5.91 Å². The second-order valence-electron chi connectivity index (χ2n) is 7.12. The Hall–Kier alpha value is -1.87. The van der Waals surface area contributed by atoms with Gasteiger partial charge in [-0.15, -0.1) is 0 Å². The number of carbonyl (C=O) groups is 1. The Morgan fingerprint density at radius 3 is 2.80 bits per heavy atom. The highest BCUT2D eigenvalue weighted by Gasteiger charge is 2.12. The molecule has 0 atom stereocenters. The van der Waals surface area contributed by atoms with Crippen LogP contribution in [-0.2, 0) is 16.1 Å². The van der Waals surface area contributed by atoms with Crippen molar-refractivity contribution in [2.24, 2.45) is 0 Å². The molecule has 0 bridgehead atoms. The summed E-state index contributed by atoms with van der Waals surface area (Å²) in [4.78, 5) is 25.3. The van der Waals surface area contributed by atoms with Crippen LogP contribution in [0.15, 0.2) is 41.6 Å². The maximum atomic E-state index is 12.1. The number of rotatable bonds is 10. The fourth-order valence-corrected chi connectivity index (χ4v) is 4.03. The van der Waals surface area contributed by atoms with Crippen LogP contribution in [0.5, 0.6) is 0 Å². The molecule has 0 unspecified atom stereocenters. The molecular weight excluding hydrogens is 422 g/mol. The molecule has 1 aromatic heterocycles. The number of hydrogen-bond acceptors (Lipinski definition) is 7. The SMILES string of the molecule is CN(Cc1ccccc1)c1cc(Cl)nc(SCC(=O)NCCCN2CCOCC2)n1. The maximum absolute atomic E-state index is 12.1. The highest BCUT2D eigenvalue weighted by atomic mass is 35.5. The van der Waals surface area contributed by atoms with Crippen LogP contribution in [0.1, 0.15) is 12.0 Å². The van der Waals surface area contributed by atoms with E-state index in [1.54, 1.807) is 6.07 Å². The van der Waals surface area contributed by atoms with E-state index in [4.69, 9.17) is 16.3 Å². The molecule has 2 aromatic rings. The van der Waals surface area contributed by atoms with Gasteiger partial charge in [0, 0.05) is 39.3 Å². The molecule has 2 heterocycles. The average molecular weight is 450 g/mol. The third-order valence-electron chi connectivity index (χ3n) is 4.72. The maximum Gasteiger partial charge on any atom is 0.230 e. The van der Waals surface area contributed by atoms with Crippen molar-refractivity contribution in [3.05, 3.63) is 47.1 Å². The molecule has 1 aliphatic heterocycles. The number of ether oxygens (including phenoxy) is 1. The number of carbonyl (C=O) groups excluding carboxylic acids is 1. The Kier molecular flexibility index (Phi) is 9.20. The molecule has 0 saturated carbocycles. The lowest BCUT2D eigenvalue weighted by molar-refractivity contribution is -0.118. The van der Waals surface area contributed by atoms with Crippen LogP contribution in [-0.4, -0.2) is 73.0 Å². The van der Waals surface area contributed by atoms with E-state index in [1.807, 2.05) is 30.1 Å². The Balaban J connectivity index is 1.42. The number of benzene rings is 1. The summed E-state index contributed by atoms with van der Waals surface area (Å²) < 4.78 is 5.34. The van der Waals surface area contributed by atoms with E-state index in [1.165, 1.54) is 17.3 Å². The molecule has 1 amide bonds. The third-order valence-corrected chi connectivity index (χ3v) is 5.76. The molecule has 7 nitrogen and oxygen atoms in total. The van der Waals surface area contributed by atoms with Crippen LogP contribution in [0.25, 0.3) is 0 Å². The zero-order valence-electron chi connectivity index (χ0n) is 17.2. The summed E-state index contributed by atoms with van der Waals surface area (Å²) in [6.45, 7) is 5.88. The second-order valence-corrected chi connectivity index (χ2v) is 8.45. The minimum Gasteiger partial charge on any atom is -0.379 e. The van der Waals surface area contributed by atoms with E-state index in [0.29, 0.717) is 23.4 Å². The molecule has 162 valence electrons. The Morgan fingerprint density at radius 2 is 2.03 bits per heavy atom. The minimum absolute atomic E-state index is 0.0234. The van der Waals surface area contributed by atoms with Crippen LogP contribution in [0.2, 0.25) is 5.15 Å². The second kappa shape index (κ2) is 12.1. The van der Waals surface area contributed by atoms with E-state index in [2.05, 4.69) is 32.3 Å². The van der Waals surface area contributed by atoms with Gasteiger partial charge in [0.15, 0.2) is 5.16 Å². The molecule has 30 heavy (non-hydrogen) atoms. The van der Waals surface area contributed by atoms with Gasteiger partial charge in [-0.25, -0.2) is 9.97 Å². The van der Waals surface area contributed by atoms with E-state index < -0.39 is 0 Å². The zero-order valence-corrected chi connectivity index (χ0v) is 18.8. The van der Waals surface area contributed by atoms with Gasteiger partial charge in [-0.1, -0.05) is 53.7 Å². The first kappa shape index (κ1) is 22.8. The molecule has 0 spiro atoms. The molecule has 3 rings (SSSR count).